The van der Waals surface area contributed by atoms with Crippen molar-refractivity contribution in [2.24, 2.45) is 35.4 Å². The second-order valence-electron chi connectivity index (χ2n) is 9.00. The van der Waals surface area contributed by atoms with Gasteiger partial charge >= 0.3 is 0 Å². The van der Waals surface area contributed by atoms with Gasteiger partial charge in [0.25, 0.3) is 5.91 Å². The Hall–Kier alpha value is -3.67. The number of hydrogen-bond donors (Lipinski definition) is 3. The molecule has 7 rings (SSSR count). The number of carbonyl (C=O) groups excluding carboxylic acids is 5. The number of thiophene rings is 1. The van der Waals surface area contributed by atoms with Crippen LogP contribution in [0.5, 0.6) is 0 Å². The molecule has 3 aliphatic carbocycles. The minimum atomic E-state index is -1.66. The lowest BCUT2D eigenvalue weighted by Crippen LogP contribution is -2.73. The first-order chi connectivity index (χ1) is 16.3. The molecule has 2 unspecified atom stereocenters. The summed E-state index contributed by atoms with van der Waals surface area (Å²) in [6.45, 7) is 0. The van der Waals surface area contributed by atoms with Crippen LogP contribution in [0.2, 0.25) is 0 Å². The van der Waals surface area contributed by atoms with Gasteiger partial charge < -0.3 is 5.32 Å². The Labute approximate surface area is 197 Å². The van der Waals surface area contributed by atoms with Crippen LogP contribution < -0.4 is 17.0 Å². The Balaban J connectivity index is 1.63. The van der Waals surface area contributed by atoms with Gasteiger partial charge in [-0.3, -0.25) is 24.0 Å². The highest BCUT2D eigenvalue weighted by Crippen LogP contribution is 2.66. The quantitative estimate of drug-likeness (QED) is 0.237. The van der Waals surface area contributed by atoms with Gasteiger partial charge in [0, 0.05) is 15.9 Å². The molecule has 1 saturated carbocycles. The van der Waals surface area contributed by atoms with Gasteiger partial charge in [-0.05, 0) is 23.6 Å². The summed E-state index contributed by atoms with van der Waals surface area (Å²) in [7, 11) is 0. The largest absolute Gasteiger partial charge is 0.341 e. The molecular weight excluding hydrogens is 458 g/mol. The highest BCUT2D eigenvalue weighted by atomic mass is 32.1. The molecule has 0 spiro atoms. The van der Waals surface area contributed by atoms with Gasteiger partial charge in [-0.15, -0.1) is 11.3 Å². The third-order valence-corrected chi connectivity index (χ3v) is 8.72. The van der Waals surface area contributed by atoms with Crippen molar-refractivity contribution in [3.63, 3.8) is 0 Å². The number of rotatable bonds is 3. The van der Waals surface area contributed by atoms with E-state index in [1.807, 2.05) is 0 Å². The minimum absolute atomic E-state index is 0.293. The van der Waals surface area contributed by atoms with Gasteiger partial charge in [-0.25, -0.2) is 21.7 Å². The standard InChI is InChI=1S/C23H19N5O5S/c24-27-18(30)13-15(20(27)32)23(26-17(29)11-5-2-1-3-6-11)9-8-22(13,12-7-4-10-34-12)14-16(23)21(33)28(25)19(14)31/h1-10,13-16H,24-25H2,(H,26,29)/t13-,14+,15+,16-,22?,23?. The molecule has 1 aromatic carbocycles. The molecule has 5 aliphatic rings. The minimum Gasteiger partial charge on any atom is -0.341 e. The van der Waals surface area contributed by atoms with Gasteiger partial charge in [0.15, 0.2) is 0 Å². The first-order valence-electron chi connectivity index (χ1n) is 10.6. The van der Waals surface area contributed by atoms with Crippen LogP contribution in [0.3, 0.4) is 0 Å². The first-order valence-corrected chi connectivity index (χ1v) is 11.5. The van der Waals surface area contributed by atoms with Crippen molar-refractivity contribution in [2.75, 3.05) is 0 Å². The zero-order valence-electron chi connectivity index (χ0n) is 17.6. The summed E-state index contributed by atoms with van der Waals surface area (Å²) >= 11 is 1.31. The molecule has 11 heteroatoms. The Morgan fingerprint density at radius 3 is 1.88 bits per heavy atom. The van der Waals surface area contributed by atoms with Crippen LogP contribution in [0.25, 0.3) is 0 Å². The Morgan fingerprint density at radius 1 is 0.794 bits per heavy atom. The van der Waals surface area contributed by atoms with Gasteiger partial charge in [-0.2, -0.15) is 0 Å². The van der Waals surface area contributed by atoms with E-state index in [0.29, 0.717) is 20.5 Å². The molecule has 0 radical (unpaired) electrons. The van der Waals surface area contributed by atoms with Crippen molar-refractivity contribution in [1.82, 2.24) is 15.3 Å². The molecule has 2 bridgehead atoms. The van der Waals surface area contributed by atoms with E-state index >= 15 is 0 Å². The summed E-state index contributed by atoms with van der Waals surface area (Å²) in [4.78, 5) is 67.5. The highest BCUT2D eigenvalue weighted by molar-refractivity contribution is 7.10. The van der Waals surface area contributed by atoms with E-state index in [1.165, 1.54) is 11.3 Å². The van der Waals surface area contributed by atoms with Crippen molar-refractivity contribution < 1.29 is 24.0 Å². The molecule has 3 heterocycles. The fraction of sp³-hybridized carbons (Fsp3) is 0.261. The lowest BCUT2D eigenvalue weighted by atomic mass is 9.43. The maximum Gasteiger partial charge on any atom is 0.252 e. The summed E-state index contributed by atoms with van der Waals surface area (Å²) in [5.41, 5.74) is -2.67. The Morgan fingerprint density at radius 2 is 1.35 bits per heavy atom. The normalized spacial score (nSPS) is 35.7. The number of hydrogen-bond acceptors (Lipinski definition) is 8. The molecule has 172 valence electrons. The SMILES string of the molecule is NN1C(=O)[C@@H]2[C@H](C1=O)C1(NC(=O)c3ccccc3)C=CC2(c2cccs2)[C@H]2C(=O)N(N)C(=O)[C@H]21. The fourth-order valence-corrected chi connectivity index (χ4v) is 7.34. The smallest absolute Gasteiger partial charge is 0.252 e. The van der Waals surface area contributed by atoms with Crippen LogP contribution in [0, 0.1) is 23.7 Å². The molecule has 5 amide bonds. The van der Waals surface area contributed by atoms with Crippen molar-refractivity contribution in [3.8, 4) is 0 Å². The number of nitrogens with zero attached hydrogens (tertiary/aromatic N) is 2. The van der Waals surface area contributed by atoms with Crippen LogP contribution in [0.1, 0.15) is 15.2 Å². The average Bonchev–Trinajstić information content (AvgIpc) is 3.54. The topological polar surface area (TPSA) is 156 Å². The molecule has 34 heavy (non-hydrogen) atoms. The second kappa shape index (κ2) is 6.69. The Bertz CT molecular complexity index is 1260. The van der Waals surface area contributed by atoms with Gasteiger partial charge in [0.2, 0.25) is 23.6 Å². The lowest BCUT2D eigenvalue weighted by Gasteiger charge is -2.58. The predicted molar refractivity (Wildman–Crippen MR) is 118 cm³/mol. The molecule has 2 aliphatic heterocycles. The van der Waals surface area contributed by atoms with E-state index in [2.05, 4.69) is 5.32 Å². The summed E-state index contributed by atoms with van der Waals surface area (Å²) in [6, 6.07) is 11.8. The molecule has 3 fully saturated rings. The first kappa shape index (κ1) is 20.9. The second-order valence-corrected chi connectivity index (χ2v) is 9.95. The zero-order chi connectivity index (χ0) is 24.0. The van der Waals surface area contributed by atoms with Crippen LogP contribution in [0.15, 0.2) is 60.0 Å². The number of allylic oxidation sites excluding steroid dienone is 1. The molecule has 2 aromatic rings. The van der Waals surface area contributed by atoms with Gasteiger partial charge in [-0.1, -0.05) is 36.4 Å². The third-order valence-electron chi connectivity index (χ3n) is 7.69. The number of nitrogens with two attached hydrogens (primary N) is 2. The molecule has 10 nitrogen and oxygen atoms in total. The van der Waals surface area contributed by atoms with Gasteiger partial charge in [0.1, 0.15) is 0 Å². The van der Waals surface area contributed by atoms with Crippen LogP contribution >= 0.6 is 11.3 Å². The maximum atomic E-state index is 13.4. The molecular formula is C23H19N5O5S. The molecule has 6 atom stereocenters. The average molecular weight is 478 g/mol. The van der Waals surface area contributed by atoms with E-state index in [9.17, 15) is 24.0 Å². The molecule has 2 saturated heterocycles. The van der Waals surface area contributed by atoms with E-state index in [1.54, 1.807) is 60.0 Å². The molecule has 1 aromatic heterocycles. The van der Waals surface area contributed by atoms with Crippen molar-refractivity contribution in [3.05, 3.63) is 70.4 Å². The number of carbonyl (C=O) groups is 5. The highest BCUT2D eigenvalue weighted by Gasteiger charge is 2.80. The van der Waals surface area contributed by atoms with Crippen LogP contribution in [0.4, 0.5) is 0 Å². The fourth-order valence-electron chi connectivity index (χ4n) is 6.35. The Kier molecular flexibility index (Phi) is 4.11. The summed E-state index contributed by atoms with van der Waals surface area (Å²) in [5, 5.41) is 5.73. The van der Waals surface area contributed by atoms with Crippen molar-refractivity contribution >= 4 is 40.9 Å². The monoisotopic (exact) mass is 477 g/mol. The number of imide groups is 2. The van der Waals surface area contributed by atoms with E-state index in [-0.39, 0.29) is 0 Å². The summed E-state index contributed by atoms with van der Waals surface area (Å²) in [6.07, 6.45) is 3.27. The predicted octanol–water partition coefficient (Wildman–Crippen LogP) is -0.312. The van der Waals surface area contributed by atoms with E-state index in [4.69, 9.17) is 11.7 Å². The van der Waals surface area contributed by atoms with E-state index < -0.39 is 64.2 Å². The van der Waals surface area contributed by atoms with Crippen LogP contribution in [-0.4, -0.2) is 45.1 Å². The number of nitrogens with one attached hydrogen (secondary N) is 1. The lowest BCUT2D eigenvalue weighted by molar-refractivity contribution is -0.143. The summed E-state index contributed by atoms with van der Waals surface area (Å²) in [5.74, 6) is 3.89. The van der Waals surface area contributed by atoms with E-state index in [0.717, 1.165) is 0 Å². The summed E-state index contributed by atoms with van der Waals surface area (Å²) < 4.78 is 0. The van der Waals surface area contributed by atoms with Crippen molar-refractivity contribution in [2.45, 2.75) is 11.0 Å². The van der Waals surface area contributed by atoms with Gasteiger partial charge in [0.05, 0.1) is 29.2 Å². The number of amides is 5. The maximum absolute atomic E-state index is 13.4. The molecule has 5 N–H and O–H groups in total. The number of hydrazine groups is 2. The van der Waals surface area contributed by atoms with Crippen molar-refractivity contribution in [1.29, 1.82) is 0 Å². The third kappa shape index (κ3) is 2.23. The number of benzene rings is 1. The zero-order valence-corrected chi connectivity index (χ0v) is 18.4. The van der Waals surface area contributed by atoms with Crippen LogP contribution in [-0.2, 0) is 24.6 Å².